The number of amides is 2. The molecule has 2 aromatic rings. The molecule has 3 atom stereocenters. The number of hydrogen-bond acceptors (Lipinski definition) is 9. The summed E-state index contributed by atoms with van der Waals surface area (Å²) >= 11 is 0. The van der Waals surface area contributed by atoms with Gasteiger partial charge in [0, 0.05) is 44.1 Å². The van der Waals surface area contributed by atoms with Gasteiger partial charge in [0.2, 0.25) is 0 Å². The quantitative estimate of drug-likeness (QED) is 0.140. The van der Waals surface area contributed by atoms with Crippen LogP contribution in [-0.2, 0) is 0 Å². The molecule has 6 rings (SSSR count). The van der Waals surface area contributed by atoms with Crippen molar-refractivity contribution in [1.29, 1.82) is 0 Å². The zero-order chi connectivity index (χ0) is 38.3. The number of hydrogen-bond donors (Lipinski definition) is 2. The molecule has 0 aromatic heterocycles. The number of nitrogens with zero attached hydrogens (tertiary/aromatic N) is 3. The van der Waals surface area contributed by atoms with Gasteiger partial charge in [0.05, 0.1) is 69.4 Å². The maximum absolute atomic E-state index is 13.9. The van der Waals surface area contributed by atoms with Crippen molar-refractivity contribution < 1.29 is 33.4 Å². The lowest BCUT2D eigenvalue weighted by Gasteiger charge is -2.31. The van der Waals surface area contributed by atoms with Gasteiger partial charge in [-0.15, -0.1) is 0 Å². The van der Waals surface area contributed by atoms with Gasteiger partial charge in [-0.05, 0) is 62.0 Å². The van der Waals surface area contributed by atoms with Crippen LogP contribution in [0.25, 0.3) is 0 Å². The molecule has 2 unspecified atom stereocenters. The first-order chi connectivity index (χ1) is 25.1. The first-order valence-electron chi connectivity index (χ1n) is 18.5. The third-order valence-corrected chi connectivity index (χ3v) is 12.9. The van der Waals surface area contributed by atoms with Gasteiger partial charge in [-0.3, -0.25) is 14.6 Å². The molecule has 286 valence electrons. The zero-order valence-electron chi connectivity index (χ0n) is 32.3. The van der Waals surface area contributed by atoms with Crippen LogP contribution in [0.3, 0.4) is 0 Å². The summed E-state index contributed by atoms with van der Waals surface area (Å²) in [6.45, 7) is 21.6. The van der Waals surface area contributed by atoms with Crippen LogP contribution < -0.4 is 24.3 Å². The van der Waals surface area contributed by atoms with E-state index in [1.807, 2.05) is 30.2 Å². The Kier molecular flexibility index (Phi) is 10.9. The second kappa shape index (κ2) is 15.0. The number of rotatable bonds is 15. The lowest BCUT2D eigenvalue weighted by molar-refractivity contribution is 0.0742. The predicted octanol–water partition coefficient (Wildman–Crippen LogP) is 7.80. The summed E-state index contributed by atoms with van der Waals surface area (Å²) in [6, 6.07) is 7.09. The minimum Gasteiger partial charge on any atom is -0.493 e. The van der Waals surface area contributed by atoms with Gasteiger partial charge in [0.15, 0.2) is 23.0 Å². The Morgan fingerprint density at radius 3 is 2.34 bits per heavy atom. The number of methoxy groups -OCH3 is 2. The monoisotopic (exact) mass is 746 g/mol. The van der Waals surface area contributed by atoms with E-state index in [2.05, 4.69) is 51.2 Å². The highest BCUT2D eigenvalue weighted by atomic mass is 31.2. The lowest BCUT2D eigenvalue weighted by atomic mass is 9.78. The summed E-state index contributed by atoms with van der Waals surface area (Å²) in [5.41, 5.74) is 4.10. The first kappa shape index (κ1) is 38.6. The summed E-state index contributed by atoms with van der Waals surface area (Å²) in [5.74, 6) is 1.95. The Morgan fingerprint density at radius 2 is 1.66 bits per heavy atom. The fourth-order valence-corrected chi connectivity index (χ4v) is 9.17. The lowest BCUT2D eigenvalue weighted by Crippen LogP contribution is -2.38. The molecule has 12 heteroatoms. The molecule has 0 bridgehead atoms. The molecule has 2 N–H and O–H groups in total. The van der Waals surface area contributed by atoms with E-state index < -0.39 is 13.4 Å². The van der Waals surface area contributed by atoms with E-state index in [1.165, 1.54) is 0 Å². The summed E-state index contributed by atoms with van der Waals surface area (Å²) in [6.07, 6.45) is 6.53. The average molecular weight is 747 g/mol. The maximum Gasteiger partial charge on any atom is 0.257 e. The van der Waals surface area contributed by atoms with Crippen molar-refractivity contribution in [2.24, 2.45) is 15.8 Å². The van der Waals surface area contributed by atoms with Crippen molar-refractivity contribution in [3.63, 3.8) is 0 Å². The van der Waals surface area contributed by atoms with Crippen molar-refractivity contribution in [3.05, 3.63) is 59.7 Å². The molecule has 0 radical (unpaired) electrons. The molecular weight excluding hydrogens is 691 g/mol. The number of fused-ring (bicyclic) bond motifs is 2. The summed E-state index contributed by atoms with van der Waals surface area (Å²) in [7, 11) is 1.97. The third-order valence-electron chi connectivity index (χ3n) is 10.9. The molecule has 4 aliphatic heterocycles. The normalized spacial score (nSPS) is 22.2. The Labute approximate surface area is 315 Å². The minimum absolute atomic E-state index is 0.0279. The predicted molar refractivity (Wildman–Crippen MR) is 211 cm³/mol. The number of benzene rings is 2. The van der Waals surface area contributed by atoms with Gasteiger partial charge >= 0.3 is 0 Å². The van der Waals surface area contributed by atoms with Gasteiger partial charge in [0.1, 0.15) is 0 Å². The van der Waals surface area contributed by atoms with Crippen molar-refractivity contribution in [3.8, 4) is 23.0 Å². The molecule has 2 aromatic carbocycles. The SMILES string of the molecule is C=C1CC2C=Nc3cc(OCC(C)(C)CCC(C)(C)CCOc4cc(NCC)c(C(=O)N5CC(=C)C[C@@]56CP6O)cc4OC)c(OC)cc3C(=O)N2C1. The number of anilines is 1. The van der Waals surface area contributed by atoms with Crippen LogP contribution in [0.15, 0.2) is 53.6 Å². The fourth-order valence-electron chi connectivity index (χ4n) is 7.44. The minimum atomic E-state index is -1.19. The molecule has 1 spiro atoms. The van der Waals surface area contributed by atoms with Crippen molar-refractivity contribution in [2.75, 3.05) is 58.5 Å². The topological polar surface area (TPSA) is 122 Å². The van der Waals surface area contributed by atoms with Gasteiger partial charge in [-0.1, -0.05) is 52.0 Å². The standard InChI is InChI=1S/C41H55N4O7P/c1-10-42-31-18-35(33(49-8)17-30(31)38(47)45-23-27(3)20-41(45)25-53(41)48)51-14-13-39(4,5)11-12-40(6,7)24-52-36-19-32-29(16-34(36)50-9)37(46)44-22-26(2)15-28(44)21-43-32/h16-19,21,28,42,48H,2-3,10-15,20,22-25H2,1,4-9H3/t28?,41-,53?/m1/s1. The third kappa shape index (κ3) is 8.07. The van der Waals surface area contributed by atoms with E-state index in [4.69, 9.17) is 18.9 Å². The molecule has 4 heterocycles. The molecule has 53 heavy (non-hydrogen) atoms. The van der Waals surface area contributed by atoms with E-state index in [0.29, 0.717) is 90.9 Å². The maximum atomic E-state index is 13.9. The number of ether oxygens (including phenoxy) is 4. The number of aliphatic imine (C=N–C) groups is 1. The summed E-state index contributed by atoms with van der Waals surface area (Å²) in [5, 5.41) is 2.87. The Bertz CT molecular complexity index is 1820. The molecule has 0 saturated carbocycles. The van der Waals surface area contributed by atoms with Crippen LogP contribution in [0, 0.1) is 10.8 Å². The van der Waals surface area contributed by atoms with Gasteiger partial charge in [-0.2, -0.15) is 0 Å². The van der Waals surface area contributed by atoms with E-state index in [1.54, 1.807) is 31.3 Å². The second-order valence-electron chi connectivity index (χ2n) is 16.4. The Hall–Kier alpha value is -4.08. The molecule has 11 nitrogen and oxygen atoms in total. The van der Waals surface area contributed by atoms with E-state index >= 15 is 0 Å². The number of likely N-dealkylation sites (tertiary alicyclic amines) is 1. The van der Waals surface area contributed by atoms with Crippen LogP contribution in [0.1, 0.15) is 87.4 Å². The number of nitrogens with one attached hydrogen (secondary N) is 1. The highest BCUT2D eigenvalue weighted by Gasteiger charge is 2.63. The van der Waals surface area contributed by atoms with Crippen LogP contribution in [0.2, 0.25) is 0 Å². The molecule has 3 fully saturated rings. The molecular formula is C41H55N4O7P. The van der Waals surface area contributed by atoms with Crippen molar-refractivity contribution in [1.82, 2.24) is 9.80 Å². The smallest absolute Gasteiger partial charge is 0.257 e. The zero-order valence-corrected chi connectivity index (χ0v) is 33.2. The number of carbonyl (C=O) groups is 2. The van der Waals surface area contributed by atoms with Crippen molar-refractivity contribution >= 4 is 37.6 Å². The number of carbonyl (C=O) groups excluding carboxylic acids is 2. The van der Waals surface area contributed by atoms with Gasteiger partial charge in [-0.25, -0.2) is 0 Å². The van der Waals surface area contributed by atoms with Crippen LogP contribution in [0.4, 0.5) is 11.4 Å². The van der Waals surface area contributed by atoms with Gasteiger partial charge in [0.25, 0.3) is 11.8 Å². The largest absolute Gasteiger partial charge is 0.493 e. The summed E-state index contributed by atoms with van der Waals surface area (Å²) in [4.78, 5) is 46.0. The van der Waals surface area contributed by atoms with Crippen LogP contribution >= 0.6 is 8.15 Å². The molecule has 2 amide bonds. The molecule has 0 aliphatic carbocycles. The van der Waals surface area contributed by atoms with Crippen LogP contribution in [0.5, 0.6) is 23.0 Å². The van der Waals surface area contributed by atoms with Gasteiger partial charge < -0.3 is 39.0 Å². The highest BCUT2D eigenvalue weighted by molar-refractivity contribution is 7.61. The molecule has 3 saturated heterocycles. The molecule has 4 aliphatic rings. The Morgan fingerprint density at radius 1 is 0.981 bits per heavy atom. The highest BCUT2D eigenvalue weighted by Crippen LogP contribution is 2.71. The summed E-state index contributed by atoms with van der Waals surface area (Å²) < 4.78 is 24.1. The van der Waals surface area contributed by atoms with E-state index in [0.717, 1.165) is 36.8 Å². The van der Waals surface area contributed by atoms with E-state index in [9.17, 15) is 14.5 Å². The van der Waals surface area contributed by atoms with Crippen molar-refractivity contribution in [2.45, 2.75) is 78.0 Å². The van der Waals surface area contributed by atoms with Crippen LogP contribution in [-0.4, -0.2) is 97.3 Å². The fraction of sp³-hybridized carbons (Fsp3) is 0.537. The average Bonchev–Trinajstić information content (AvgIpc) is 3.44. The first-order valence-corrected chi connectivity index (χ1v) is 20.0. The Balaban J connectivity index is 1.05. The van der Waals surface area contributed by atoms with E-state index in [-0.39, 0.29) is 28.7 Å². The second-order valence-corrected chi connectivity index (χ2v) is 18.4.